The van der Waals surface area contributed by atoms with Crippen LogP contribution in [0.5, 0.6) is 0 Å². The molecular weight excluding hydrogens is 311 g/mol. The van der Waals surface area contributed by atoms with Gasteiger partial charge in [-0.05, 0) is 12.5 Å². The molecule has 1 aliphatic heterocycles. The van der Waals surface area contributed by atoms with Crippen LogP contribution in [0.4, 0.5) is 4.39 Å². The number of halogens is 1. The van der Waals surface area contributed by atoms with Crippen molar-refractivity contribution in [2.45, 2.75) is 18.9 Å². The molecule has 0 spiro atoms. The molecule has 2 rings (SSSR count). The maximum atomic E-state index is 14.0. The lowest BCUT2D eigenvalue weighted by Crippen LogP contribution is -2.32. The summed E-state index contributed by atoms with van der Waals surface area (Å²) in [6.45, 7) is -0.0170. The Labute approximate surface area is 128 Å². The lowest BCUT2D eigenvalue weighted by molar-refractivity contribution is -0.130. The number of likely N-dealkylation sites (tertiary alicyclic amines) is 1. The highest BCUT2D eigenvalue weighted by Gasteiger charge is 2.37. The molecule has 1 aromatic rings. The largest absolute Gasteiger partial charge is 0.396 e. The van der Waals surface area contributed by atoms with E-state index in [1.807, 2.05) is 0 Å². The highest BCUT2D eigenvalue weighted by Crippen LogP contribution is 2.32. The Hall–Kier alpha value is -1.51. The van der Waals surface area contributed by atoms with Crippen LogP contribution < -0.4 is 5.14 Å². The molecule has 0 saturated carbocycles. The highest BCUT2D eigenvalue weighted by atomic mass is 32.2. The van der Waals surface area contributed by atoms with Gasteiger partial charge >= 0.3 is 0 Å². The summed E-state index contributed by atoms with van der Waals surface area (Å²) in [5.41, 5.74) is 0.321. The normalized spacial score (nSPS) is 20.4. The highest BCUT2D eigenvalue weighted by molar-refractivity contribution is 7.89. The number of nitrogens with two attached hydrogens (primary N) is 1. The van der Waals surface area contributed by atoms with E-state index in [2.05, 4.69) is 0 Å². The SMILES string of the molecule is NS(=O)(=O)CC1CC(=O)N(C(CCO)c2ccccc2F)C1. The molecule has 0 radical (unpaired) electrons. The van der Waals surface area contributed by atoms with Gasteiger partial charge in [0.15, 0.2) is 0 Å². The number of rotatable bonds is 6. The standard InChI is InChI=1S/C14H19FN2O4S/c15-12-4-2-1-3-11(12)13(5-6-18)17-8-10(7-14(17)19)9-22(16,20)21/h1-4,10,13,18H,5-9H2,(H2,16,20,21). The molecule has 1 fully saturated rings. The number of benzene rings is 1. The summed E-state index contributed by atoms with van der Waals surface area (Å²) < 4.78 is 36.3. The van der Waals surface area contributed by atoms with Crippen molar-refractivity contribution in [2.24, 2.45) is 11.1 Å². The van der Waals surface area contributed by atoms with Gasteiger partial charge in [-0.2, -0.15) is 0 Å². The van der Waals surface area contributed by atoms with E-state index >= 15 is 0 Å². The first kappa shape index (κ1) is 16.9. The van der Waals surface area contributed by atoms with Gasteiger partial charge in [0.25, 0.3) is 0 Å². The predicted molar refractivity (Wildman–Crippen MR) is 78.6 cm³/mol. The number of sulfonamides is 1. The lowest BCUT2D eigenvalue weighted by atomic mass is 10.0. The summed E-state index contributed by atoms with van der Waals surface area (Å²) in [7, 11) is -3.67. The Morgan fingerprint density at radius 2 is 2.09 bits per heavy atom. The van der Waals surface area contributed by atoms with Crippen LogP contribution in [0, 0.1) is 11.7 Å². The molecule has 1 heterocycles. The van der Waals surface area contributed by atoms with Gasteiger partial charge in [0.1, 0.15) is 5.82 Å². The van der Waals surface area contributed by atoms with Gasteiger partial charge in [0.05, 0.1) is 11.8 Å². The van der Waals surface area contributed by atoms with Crippen LogP contribution in [0.1, 0.15) is 24.4 Å². The third-order valence-corrected chi connectivity index (χ3v) is 4.69. The van der Waals surface area contributed by atoms with E-state index in [-0.39, 0.29) is 37.7 Å². The first-order valence-corrected chi connectivity index (χ1v) is 8.68. The van der Waals surface area contributed by atoms with Crippen molar-refractivity contribution in [3.8, 4) is 0 Å². The zero-order valence-electron chi connectivity index (χ0n) is 12.0. The molecule has 122 valence electrons. The zero-order valence-corrected chi connectivity index (χ0v) is 12.8. The summed E-state index contributed by atoms with van der Waals surface area (Å²) >= 11 is 0. The topological polar surface area (TPSA) is 101 Å². The molecule has 0 bridgehead atoms. The molecule has 3 N–H and O–H groups in total. The second-order valence-corrected chi connectivity index (χ2v) is 7.15. The molecule has 1 saturated heterocycles. The average molecular weight is 330 g/mol. The van der Waals surface area contributed by atoms with Gasteiger partial charge in [-0.3, -0.25) is 4.79 Å². The van der Waals surface area contributed by atoms with Gasteiger partial charge in [0.2, 0.25) is 15.9 Å². The molecular formula is C14H19FN2O4S. The summed E-state index contributed by atoms with van der Waals surface area (Å²) in [5.74, 6) is -1.40. The van der Waals surface area contributed by atoms with Crippen molar-refractivity contribution in [3.05, 3.63) is 35.6 Å². The minimum Gasteiger partial charge on any atom is -0.396 e. The first-order valence-electron chi connectivity index (χ1n) is 6.97. The number of carbonyl (C=O) groups is 1. The van der Waals surface area contributed by atoms with Crippen molar-refractivity contribution >= 4 is 15.9 Å². The van der Waals surface area contributed by atoms with Gasteiger partial charge in [-0.15, -0.1) is 0 Å². The second-order valence-electron chi connectivity index (χ2n) is 5.50. The van der Waals surface area contributed by atoms with Crippen molar-refractivity contribution in [1.82, 2.24) is 4.90 Å². The molecule has 8 heteroatoms. The van der Waals surface area contributed by atoms with Crippen LogP contribution in [0.2, 0.25) is 0 Å². The Morgan fingerprint density at radius 1 is 1.41 bits per heavy atom. The molecule has 6 nitrogen and oxygen atoms in total. The Kier molecular flexibility index (Phi) is 5.15. The Bertz CT molecular complexity index is 650. The van der Waals surface area contributed by atoms with E-state index < -0.39 is 27.8 Å². The van der Waals surface area contributed by atoms with Gasteiger partial charge in [-0.1, -0.05) is 18.2 Å². The number of carbonyl (C=O) groups excluding carboxylic acids is 1. The fraction of sp³-hybridized carbons (Fsp3) is 0.500. The third kappa shape index (κ3) is 4.02. The smallest absolute Gasteiger partial charge is 0.223 e. The second kappa shape index (κ2) is 6.72. The van der Waals surface area contributed by atoms with Gasteiger partial charge in [-0.25, -0.2) is 17.9 Å². The van der Waals surface area contributed by atoms with E-state index in [1.54, 1.807) is 18.2 Å². The van der Waals surface area contributed by atoms with E-state index in [1.165, 1.54) is 11.0 Å². The summed E-state index contributed by atoms with van der Waals surface area (Å²) in [6, 6.07) is 5.46. The Balaban J connectivity index is 2.23. The van der Waals surface area contributed by atoms with Crippen LogP contribution in [0.15, 0.2) is 24.3 Å². The van der Waals surface area contributed by atoms with E-state index in [0.717, 1.165) is 0 Å². The molecule has 2 unspecified atom stereocenters. The summed E-state index contributed by atoms with van der Waals surface area (Å²) in [6.07, 6.45) is 0.252. The van der Waals surface area contributed by atoms with Crippen molar-refractivity contribution < 1.29 is 22.7 Å². The molecule has 0 aliphatic carbocycles. The molecule has 2 atom stereocenters. The fourth-order valence-corrected chi connectivity index (χ4v) is 3.78. The minimum atomic E-state index is -3.67. The number of hydrogen-bond donors (Lipinski definition) is 2. The lowest BCUT2D eigenvalue weighted by Gasteiger charge is -2.28. The molecule has 0 aromatic heterocycles. The number of hydrogen-bond acceptors (Lipinski definition) is 4. The number of primary sulfonamides is 1. The Morgan fingerprint density at radius 3 is 2.68 bits per heavy atom. The average Bonchev–Trinajstić information content (AvgIpc) is 2.75. The molecule has 1 aromatic carbocycles. The van der Waals surface area contributed by atoms with Crippen LogP contribution in [-0.2, 0) is 14.8 Å². The van der Waals surface area contributed by atoms with Crippen LogP contribution in [0.3, 0.4) is 0 Å². The molecule has 22 heavy (non-hydrogen) atoms. The van der Waals surface area contributed by atoms with E-state index in [9.17, 15) is 22.7 Å². The quantitative estimate of drug-likeness (QED) is 0.788. The monoisotopic (exact) mass is 330 g/mol. The summed E-state index contributed by atoms with van der Waals surface area (Å²) in [5, 5.41) is 14.2. The molecule has 1 aliphatic rings. The van der Waals surface area contributed by atoms with Crippen molar-refractivity contribution in [3.63, 3.8) is 0 Å². The van der Waals surface area contributed by atoms with Crippen LogP contribution in [-0.4, -0.2) is 43.2 Å². The zero-order chi connectivity index (χ0) is 16.3. The number of aliphatic hydroxyl groups excluding tert-OH is 1. The van der Waals surface area contributed by atoms with Crippen molar-refractivity contribution in [2.75, 3.05) is 18.9 Å². The maximum absolute atomic E-state index is 14.0. The van der Waals surface area contributed by atoms with E-state index in [0.29, 0.717) is 5.56 Å². The maximum Gasteiger partial charge on any atom is 0.223 e. The number of amides is 1. The summed E-state index contributed by atoms with van der Waals surface area (Å²) in [4.78, 5) is 13.6. The third-order valence-electron chi connectivity index (χ3n) is 3.75. The minimum absolute atomic E-state index is 0.0623. The number of nitrogens with zero attached hydrogens (tertiary/aromatic N) is 1. The predicted octanol–water partition coefficient (Wildman–Crippen LogP) is 0.386. The van der Waals surface area contributed by atoms with Crippen molar-refractivity contribution in [1.29, 1.82) is 0 Å². The van der Waals surface area contributed by atoms with Crippen LogP contribution in [0.25, 0.3) is 0 Å². The van der Waals surface area contributed by atoms with Crippen LogP contribution >= 0.6 is 0 Å². The van der Waals surface area contributed by atoms with Gasteiger partial charge < -0.3 is 10.0 Å². The number of aliphatic hydroxyl groups is 1. The first-order chi connectivity index (χ1) is 10.3. The van der Waals surface area contributed by atoms with Gasteiger partial charge in [0, 0.05) is 31.1 Å². The fourth-order valence-electron chi connectivity index (χ4n) is 2.90. The van der Waals surface area contributed by atoms with E-state index in [4.69, 9.17) is 5.14 Å². The molecule has 1 amide bonds.